The molecule has 1 N–H and O–H groups in total. The third-order valence-corrected chi connectivity index (χ3v) is 4.83. The van der Waals surface area contributed by atoms with Gasteiger partial charge in [0.25, 0.3) is 5.56 Å². The third-order valence-electron chi connectivity index (χ3n) is 3.65. The fraction of sp³-hybridized carbons (Fsp3) is 0.167. The van der Waals surface area contributed by atoms with Crippen LogP contribution in [0.25, 0.3) is 5.69 Å². The lowest BCUT2D eigenvalue weighted by atomic mass is 10.1. The van der Waals surface area contributed by atoms with Crippen LogP contribution in [0.1, 0.15) is 22.5 Å². The number of rotatable bonds is 3. The summed E-state index contributed by atoms with van der Waals surface area (Å²) in [5.74, 6) is 0. The van der Waals surface area contributed by atoms with Crippen molar-refractivity contribution in [3.8, 4) is 11.8 Å². The first-order chi connectivity index (χ1) is 11.5. The smallest absolute Gasteiger partial charge is 0.285 e. The Hall–Kier alpha value is -2.78. The molecule has 2 heterocycles. The van der Waals surface area contributed by atoms with Crippen LogP contribution in [0.15, 0.2) is 51.1 Å². The molecule has 6 heteroatoms. The van der Waals surface area contributed by atoms with Crippen molar-refractivity contribution in [1.82, 2.24) is 14.8 Å². The molecule has 0 fully saturated rings. The van der Waals surface area contributed by atoms with Crippen molar-refractivity contribution in [1.29, 1.82) is 5.26 Å². The lowest BCUT2D eigenvalue weighted by Gasteiger charge is -2.06. The van der Waals surface area contributed by atoms with Gasteiger partial charge in [-0.2, -0.15) is 5.26 Å². The zero-order valence-electron chi connectivity index (χ0n) is 13.6. The molecule has 24 heavy (non-hydrogen) atoms. The van der Waals surface area contributed by atoms with E-state index in [0.29, 0.717) is 15.5 Å². The van der Waals surface area contributed by atoms with Crippen LogP contribution in [0.3, 0.4) is 0 Å². The molecule has 0 saturated heterocycles. The molecular weight excluding hydrogens is 320 g/mol. The van der Waals surface area contributed by atoms with Crippen molar-refractivity contribution in [3.05, 3.63) is 69.3 Å². The van der Waals surface area contributed by atoms with Crippen LogP contribution >= 0.6 is 11.8 Å². The molecule has 0 atom stereocenters. The van der Waals surface area contributed by atoms with Crippen molar-refractivity contribution in [2.45, 2.75) is 30.7 Å². The zero-order valence-corrected chi connectivity index (χ0v) is 14.4. The monoisotopic (exact) mass is 336 g/mol. The highest BCUT2D eigenvalue weighted by Gasteiger charge is 2.17. The van der Waals surface area contributed by atoms with Crippen LogP contribution in [-0.4, -0.2) is 14.8 Å². The lowest BCUT2D eigenvalue weighted by Crippen LogP contribution is -2.15. The summed E-state index contributed by atoms with van der Waals surface area (Å²) < 4.78 is 1.51. The minimum atomic E-state index is -0.145. The molecule has 0 spiro atoms. The minimum Gasteiger partial charge on any atom is -0.294 e. The second-order valence-electron chi connectivity index (χ2n) is 5.52. The maximum atomic E-state index is 12.8. The summed E-state index contributed by atoms with van der Waals surface area (Å²) in [6.45, 7) is 5.60. The topological polar surface area (TPSA) is 74.5 Å². The van der Waals surface area contributed by atoms with E-state index >= 15 is 0 Å². The number of aromatic nitrogens is 3. The van der Waals surface area contributed by atoms with E-state index in [0.717, 1.165) is 22.6 Å². The largest absolute Gasteiger partial charge is 0.294 e. The van der Waals surface area contributed by atoms with Gasteiger partial charge in [0, 0.05) is 11.4 Å². The van der Waals surface area contributed by atoms with Crippen molar-refractivity contribution in [2.75, 3.05) is 0 Å². The summed E-state index contributed by atoms with van der Waals surface area (Å²) in [4.78, 5) is 17.8. The first-order valence-electron chi connectivity index (χ1n) is 7.44. The standard InChI is InChI=1S/C18H16N4OS/c1-11-9-12(2)20-17(15(11)10-19)24-16-13(3)21-22(18(16)23)14-7-5-4-6-8-14/h4-9,21H,1-3H3. The number of pyridine rings is 1. The molecule has 0 amide bonds. The Balaban J connectivity index is 2.09. The Bertz CT molecular complexity index is 996. The number of aromatic amines is 1. The predicted molar refractivity (Wildman–Crippen MR) is 93.7 cm³/mol. The van der Waals surface area contributed by atoms with E-state index in [2.05, 4.69) is 16.2 Å². The Kier molecular flexibility index (Phi) is 4.28. The van der Waals surface area contributed by atoms with Gasteiger partial charge >= 0.3 is 0 Å². The Morgan fingerprint density at radius 2 is 1.92 bits per heavy atom. The molecular formula is C18H16N4OS. The van der Waals surface area contributed by atoms with Gasteiger partial charge in [0.2, 0.25) is 0 Å². The fourth-order valence-electron chi connectivity index (χ4n) is 2.52. The van der Waals surface area contributed by atoms with Gasteiger partial charge in [-0.05, 0) is 44.5 Å². The molecule has 0 aliphatic heterocycles. The molecule has 2 aromatic heterocycles. The zero-order chi connectivity index (χ0) is 17.3. The molecule has 0 aliphatic carbocycles. The van der Waals surface area contributed by atoms with Crippen molar-refractivity contribution in [2.24, 2.45) is 0 Å². The van der Waals surface area contributed by atoms with E-state index in [9.17, 15) is 10.1 Å². The van der Waals surface area contributed by atoms with Gasteiger partial charge in [-0.1, -0.05) is 30.0 Å². The van der Waals surface area contributed by atoms with Crippen LogP contribution in [0.5, 0.6) is 0 Å². The second kappa shape index (κ2) is 6.38. The van der Waals surface area contributed by atoms with Crippen molar-refractivity contribution in [3.63, 3.8) is 0 Å². The highest BCUT2D eigenvalue weighted by atomic mass is 32.2. The molecule has 0 unspecified atom stereocenters. The van der Waals surface area contributed by atoms with Crippen molar-refractivity contribution >= 4 is 11.8 Å². The van der Waals surface area contributed by atoms with Crippen LogP contribution in [0, 0.1) is 32.1 Å². The molecule has 1 aromatic carbocycles. The van der Waals surface area contributed by atoms with E-state index < -0.39 is 0 Å². The fourth-order valence-corrected chi connectivity index (χ4v) is 3.59. The first-order valence-corrected chi connectivity index (χ1v) is 8.26. The number of nitrogens with one attached hydrogen (secondary N) is 1. The number of nitriles is 1. The SMILES string of the molecule is Cc1cc(C)c(C#N)c(Sc2c(C)[nH]n(-c3ccccc3)c2=O)n1. The second-order valence-corrected chi connectivity index (χ2v) is 6.52. The number of aryl methyl sites for hydroxylation is 3. The van der Waals surface area contributed by atoms with Gasteiger partial charge in [0.05, 0.1) is 11.3 Å². The highest BCUT2D eigenvalue weighted by molar-refractivity contribution is 7.99. The normalized spacial score (nSPS) is 10.6. The molecule has 5 nitrogen and oxygen atoms in total. The molecule has 0 radical (unpaired) electrons. The molecule has 0 saturated carbocycles. The van der Waals surface area contributed by atoms with E-state index in [-0.39, 0.29) is 5.56 Å². The van der Waals surface area contributed by atoms with Crippen LogP contribution < -0.4 is 5.56 Å². The van der Waals surface area contributed by atoms with Gasteiger partial charge < -0.3 is 0 Å². The highest BCUT2D eigenvalue weighted by Crippen LogP contribution is 2.30. The minimum absolute atomic E-state index is 0.145. The molecule has 0 bridgehead atoms. The molecule has 3 rings (SSSR count). The Morgan fingerprint density at radius 3 is 2.58 bits per heavy atom. The summed E-state index contributed by atoms with van der Waals surface area (Å²) in [6.07, 6.45) is 0. The summed E-state index contributed by atoms with van der Waals surface area (Å²) in [5.41, 5.74) is 3.57. The van der Waals surface area contributed by atoms with Crippen LogP contribution in [0.2, 0.25) is 0 Å². The Labute approximate surface area is 144 Å². The van der Waals surface area contributed by atoms with Gasteiger partial charge in [-0.15, -0.1) is 0 Å². The summed E-state index contributed by atoms with van der Waals surface area (Å²) in [5, 5.41) is 13.0. The van der Waals surface area contributed by atoms with Gasteiger partial charge in [-0.3, -0.25) is 9.89 Å². The number of hydrogen-bond donors (Lipinski definition) is 1. The van der Waals surface area contributed by atoms with Crippen molar-refractivity contribution < 1.29 is 0 Å². The van der Waals surface area contributed by atoms with E-state index in [1.807, 2.05) is 57.2 Å². The average molecular weight is 336 g/mol. The molecule has 0 aliphatic rings. The average Bonchev–Trinajstić information content (AvgIpc) is 2.83. The summed E-state index contributed by atoms with van der Waals surface area (Å²) >= 11 is 1.24. The maximum absolute atomic E-state index is 12.8. The van der Waals surface area contributed by atoms with E-state index in [1.54, 1.807) is 0 Å². The van der Waals surface area contributed by atoms with Gasteiger partial charge in [0.15, 0.2) is 0 Å². The third kappa shape index (κ3) is 2.86. The number of H-pyrrole nitrogens is 1. The maximum Gasteiger partial charge on any atom is 0.285 e. The molecule has 120 valence electrons. The summed E-state index contributed by atoms with van der Waals surface area (Å²) in [7, 11) is 0. The summed E-state index contributed by atoms with van der Waals surface area (Å²) in [6, 6.07) is 13.4. The Morgan fingerprint density at radius 1 is 1.21 bits per heavy atom. The van der Waals surface area contributed by atoms with Gasteiger partial charge in [0.1, 0.15) is 16.0 Å². The number of benzene rings is 1. The number of hydrogen-bond acceptors (Lipinski definition) is 4. The predicted octanol–water partition coefficient (Wildman–Crippen LogP) is 3.51. The lowest BCUT2D eigenvalue weighted by molar-refractivity contribution is 0.834. The number of para-hydroxylation sites is 1. The number of nitrogens with zero attached hydrogens (tertiary/aromatic N) is 3. The quantitative estimate of drug-likeness (QED) is 0.794. The van der Waals surface area contributed by atoms with Crippen LogP contribution in [0.4, 0.5) is 0 Å². The van der Waals surface area contributed by atoms with Gasteiger partial charge in [-0.25, -0.2) is 9.67 Å². The van der Waals surface area contributed by atoms with E-state index in [1.165, 1.54) is 16.4 Å². The first kappa shape index (κ1) is 16.1. The molecule has 3 aromatic rings. The van der Waals surface area contributed by atoms with Crippen LogP contribution in [-0.2, 0) is 0 Å². The van der Waals surface area contributed by atoms with E-state index in [4.69, 9.17) is 0 Å².